The number of nitrogens with zero attached hydrogens (tertiary/aromatic N) is 1. The molecule has 0 aliphatic carbocycles. The minimum Gasteiger partial charge on any atom is -0.360 e. The molecule has 0 fully saturated rings. The number of aromatic nitrogens is 1. The molecule has 0 bridgehead atoms. The molecule has 1 heterocycles. The molecular formula is C14H17ClN2O3S. The molecule has 7 heteroatoms. The van der Waals surface area contributed by atoms with E-state index in [1.165, 1.54) is 0 Å². The van der Waals surface area contributed by atoms with Crippen molar-refractivity contribution in [1.82, 2.24) is 9.88 Å². The molecule has 2 aromatic rings. The lowest BCUT2D eigenvalue weighted by Gasteiger charge is -2.06. The monoisotopic (exact) mass is 328 g/mol. The van der Waals surface area contributed by atoms with Crippen LogP contribution in [0.25, 0.3) is 0 Å². The number of hydrogen-bond acceptors (Lipinski definition) is 4. The van der Waals surface area contributed by atoms with Crippen molar-refractivity contribution in [2.75, 3.05) is 6.54 Å². The normalized spacial score (nSPS) is 11.8. The maximum absolute atomic E-state index is 12.2. The summed E-state index contributed by atoms with van der Waals surface area (Å²) in [7, 11) is -3.57. The van der Waals surface area contributed by atoms with Crippen LogP contribution >= 0.6 is 11.6 Å². The topological polar surface area (TPSA) is 72.2 Å². The van der Waals surface area contributed by atoms with Gasteiger partial charge in [-0.2, -0.15) is 0 Å². The lowest BCUT2D eigenvalue weighted by Crippen LogP contribution is -2.26. The van der Waals surface area contributed by atoms with E-state index in [-0.39, 0.29) is 4.90 Å². The van der Waals surface area contributed by atoms with E-state index in [9.17, 15) is 8.42 Å². The van der Waals surface area contributed by atoms with Gasteiger partial charge in [-0.1, -0.05) is 28.9 Å². The van der Waals surface area contributed by atoms with Gasteiger partial charge in [-0.05, 0) is 44.4 Å². The predicted molar refractivity (Wildman–Crippen MR) is 80.9 cm³/mol. The summed E-state index contributed by atoms with van der Waals surface area (Å²) in [6.45, 7) is 3.55. The van der Waals surface area contributed by atoms with Gasteiger partial charge in [0.2, 0.25) is 10.0 Å². The zero-order chi connectivity index (χ0) is 15.5. The van der Waals surface area contributed by atoms with Crippen molar-refractivity contribution in [1.29, 1.82) is 0 Å². The van der Waals surface area contributed by atoms with Crippen LogP contribution in [0.1, 0.15) is 23.4 Å². The Kier molecular flexibility index (Phi) is 5.03. The average Bonchev–Trinajstić information content (AvgIpc) is 2.77. The molecule has 0 radical (unpaired) electrons. The van der Waals surface area contributed by atoms with Gasteiger partial charge in [0, 0.05) is 11.6 Å². The highest BCUT2D eigenvalue weighted by atomic mass is 35.5. The molecule has 0 atom stereocenters. The Morgan fingerprint density at radius 2 is 1.90 bits per heavy atom. The van der Waals surface area contributed by atoms with Crippen molar-refractivity contribution in [3.8, 4) is 0 Å². The molecular weight excluding hydrogens is 312 g/mol. The third-order valence-corrected chi connectivity index (χ3v) is 5.04. The van der Waals surface area contributed by atoms with Gasteiger partial charge in [0.15, 0.2) is 5.76 Å². The van der Waals surface area contributed by atoms with E-state index in [4.69, 9.17) is 16.1 Å². The van der Waals surface area contributed by atoms with Gasteiger partial charge in [0.1, 0.15) is 10.6 Å². The number of sulfonamides is 1. The zero-order valence-electron chi connectivity index (χ0n) is 11.9. The number of halogens is 1. The van der Waals surface area contributed by atoms with Crippen molar-refractivity contribution < 1.29 is 12.9 Å². The van der Waals surface area contributed by atoms with Crippen LogP contribution in [0.15, 0.2) is 33.7 Å². The molecule has 0 spiro atoms. The molecule has 1 N–H and O–H groups in total. The van der Waals surface area contributed by atoms with E-state index in [0.29, 0.717) is 29.4 Å². The number of rotatable bonds is 6. The summed E-state index contributed by atoms with van der Waals surface area (Å²) >= 11 is 5.81. The van der Waals surface area contributed by atoms with E-state index >= 15 is 0 Å². The Labute approximate surface area is 129 Å². The maximum Gasteiger partial charge on any atom is 0.245 e. The highest BCUT2D eigenvalue weighted by Crippen LogP contribution is 2.18. The summed E-state index contributed by atoms with van der Waals surface area (Å²) in [5.41, 5.74) is 1.49. The quantitative estimate of drug-likeness (QED) is 0.828. The first-order valence-electron chi connectivity index (χ1n) is 6.57. The Morgan fingerprint density at radius 3 is 2.48 bits per heavy atom. The summed E-state index contributed by atoms with van der Waals surface area (Å²) in [5, 5.41) is 4.35. The summed E-state index contributed by atoms with van der Waals surface area (Å²) in [5.74, 6) is 0.303. The maximum atomic E-state index is 12.2. The van der Waals surface area contributed by atoms with Gasteiger partial charge in [0.05, 0.1) is 0 Å². The summed E-state index contributed by atoms with van der Waals surface area (Å²) < 4.78 is 31.8. The average molecular weight is 329 g/mol. The number of aryl methyl sites for hydroxylation is 3. The van der Waals surface area contributed by atoms with Crippen LogP contribution in [0.5, 0.6) is 0 Å². The zero-order valence-corrected chi connectivity index (χ0v) is 13.5. The molecule has 114 valence electrons. The van der Waals surface area contributed by atoms with Crippen molar-refractivity contribution >= 4 is 21.6 Å². The molecule has 0 saturated carbocycles. The van der Waals surface area contributed by atoms with E-state index < -0.39 is 10.0 Å². The lowest BCUT2D eigenvalue weighted by atomic mass is 10.1. The Morgan fingerprint density at radius 1 is 1.24 bits per heavy atom. The molecule has 0 aliphatic heterocycles. The molecule has 21 heavy (non-hydrogen) atoms. The third-order valence-electron chi connectivity index (χ3n) is 3.08. The van der Waals surface area contributed by atoms with Gasteiger partial charge in [-0.25, -0.2) is 13.1 Å². The summed E-state index contributed by atoms with van der Waals surface area (Å²) in [6.07, 6.45) is 1.48. The first-order valence-corrected chi connectivity index (χ1v) is 8.43. The predicted octanol–water partition coefficient (Wildman–Crippen LogP) is 2.86. The van der Waals surface area contributed by atoms with E-state index in [0.717, 1.165) is 12.0 Å². The van der Waals surface area contributed by atoms with Crippen molar-refractivity contribution in [3.05, 3.63) is 46.3 Å². The van der Waals surface area contributed by atoms with Crippen LogP contribution in [-0.2, 0) is 16.4 Å². The smallest absolute Gasteiger partial charge is 0.245 e. The first-order chi connectivity index (χ1) is 9.90. The van der Waals surface area contributed by atoms with Crippen LogP contribution in [0, 0.1) is 13.8 Å². The Bertz CT molecular complexity index is 689. The van der Waals surface area contributed by atoms with Gasteiger partial charge < -0.3 is 4.52 Å². The summed E-state index contributed by atoms with van der Waals surface area (Å²) in [6, 6.07) is 7.52. The summed E-state index contributed by atoms with van der Waals surface area (Å²) in [4.78, 5) is 0.133. The number of hydrogen-bond donors (Lipinski definition) is 1. The minimum absolute atomic E-state index is 0.133. The lowest BCUT2D eigenvalue weighted by molar-refractivity contribution is 0.390. The fraction of sp³-hybridized carbons (Fsp3) is 0.357. The van der Waals surface area contributed by atoms with Crippen molar-refractivity contribution in [3.63, 3.8) is 0 Å². The highest BCUT2D eigenvalue weighted by molar-refractivity contribution is 7.89. The van der Waals surface area contributed by atoms with Gasteiger partial charge >= 0.3 is 0 Å². The van der Waals surface area contributed by atoms with Crippen LogP contribution < -0.4 is 4.72 Å². The van der Waals surface area contributed by atoms with E-state index in [1.54, 1.807) is 13.8 Å². The number of nitrogens with one attached hydrogen (secondary N) is 1. The second-order valence-electron chi connectivity index (χ2n) is 4.78. The molecule has 2 rings (SSSR count). The molecule has 0 unspecified atom stereocenters. The van der Waals surface area contributed by atoms with Crippen LogP contribution in [-0.4, -0.2) is 20.1 Å². The minimum atomic E-state index is -3.57. The molecule has 5 nitrogen and oxygen atoms in total. The molecule has 1 aromatic carbocycles. The third kappa shape index (κ3) is 4.06. The molecule has 1 aromatic heterocycles. The molecule has 0 aliphatic rings. The van der Waals surface area contributed by atoms with Crippen LogP contribution in [0.4, 0.5) is 0 Å². The highest BCUT2D eigenvalue weighted by Gasteiger charge is 2.23. The number of benzene rings is 1. The standard InChI is InChI=1S/C14H17ClN2O3S/c1-10-14(11(2)20-17-10)21(18,19)16-9-3-4-12-5-7-13(15)8-6-12/h5-8,16H,3-4,9H2,1-2H3. The van der Waals surface area contributed by atoms with Crippen molar-refractivity contribution in [2.45, 2.75) is 31.6 Å². The van der Waals surface area contributed by atoms with Crippen LogP contribution in [0.3, 0.4) is 0 Å². The Balaban J connectivity index is 1.90. The molecule has 0 amide bonds. The largest absolute Gasteiger partial charge is 0.360 e. The van der Waals surface area contributed by atoms with E-state index in [2.05, 4.69) is 9.88 Å². The second-order valence-corrected chi connectivity index (χ2v) is 6.92. The Hall–Kier alpha value is -1.37. The fourth-order valence-electron chi connectivity index (χ4n) is 2.08. The second kappa shape index (κ2) is 6.60. The van der Waals surface area contributed by atoms with Crippen molar-refractivity contribution in [2.24, 2.45) is 0 Å². The van der Waals surface area contributed by atoms with Gasteiger partial charge in [-0.15, -0.1) is 0 Å². The fourth-order valence-corrected chi connectivity index (χ4v) is 3.61. The van der Waals surface area contributed by atoms with Gasteiger partial charge in [0.25, 0.3) is 0 Å². The SMILES string of the molecule is Cc1noc(C)c1S(=O)(=O)NCCCc1ccc(Cl)cc1. The van der Waals surface area contributed by atoms with Crippen LogP contribution in [0.2, 0.25) is 5.02 Å². The first kappa shape index (κ1) is 16.0. The van der Waals surface area contributed by atoms with Gasteiger partial charge in [-0.3, -0.25) is 0 Å². The molecule has 0 saturated heterocycles. The van der Waals surface area contributed by atoms with E-state index in [1.807, 2.05) is 24.3 Å².